The highest BCUT2D eigenvalue weighted by Crippen LogP contribution is 2.35. The predicted molar refractivity (Wildman–Crippen MR) is 107 cm³/mol. The number of esters is 2. The van der Waals surface area contributed by atoms with E-state index in [4.69, 9.17) is 18.9 Å². The Kier molecular flexibility index (Phi) is 6.60. The zero-order valence-electron chi connectivity index (χ0n) is 17.3. The molecule has 0 aromatic heterocycles. The summed E-state index contributed by atoms with van der Waals surface area (Å²) < 4.78 is 20.9. The van der Waals surface area contributed by atoms with Crippen molar-refractivity contribution in [2.45, 2.75) is 0 Å². The van der Waals surface area contributed by atoms with Crippen LogP contribution in [0.3, 0.4) is 0 Å². The molecule has 0 aliphatic carbocycles. The molecular weight excluding hydrogens is 378 g/mol. The predicted octanol–water partition coefficient (Wildman–Crippen LogP) is 0.841. The summed E-state index contributed by atoms with van der Waals surface area (Å²) in [4.78, 5) is 30.8. The summed E-state index contributed by atoms with van der Waals surface area (Å²) in [6, 6.07) is 5.67. The van der Waals surface area contributed by atoms with Gasteiger partial charge in [-0.3, -0.25) is 0 Å². The molecule has 0 N–H and O–H groups in total. The largest absolute Gasteiger partial charge is 0.495 e. The van der Waals surface area contributed by atoms with E-state index < -0.39 is 11.9 Å². The van der Waals surface area contributed by atoms with Crippen LogP contribution >= 0.6 is 0 Å². The maximum absolute atomic E-state index is 12.5. The second-order valence-electron chi connectivity index (χ2n) is 6.86. The number of likely N-dealkylation sites (N-methyl/N-ethyl adjacent to an activating group) is 1. The van der Waals surface area contributed by atoms with Gasteiger partial charge in [-0.1, -0.05) is 0 Å². The van der Waals surface area contributed by atoms with Gasteiger partial charge in [0.1, 0.15) is 18.2 Å². The molecule has 1 aromatic rings. The lowest BCUT2D eigenvalue weighted by molar-refractivity contribution is -0.140. The number of anilines is 2. The lowest BCUT2D eigenvalue weighted by Crippen LogP contribution is -2.44. The van der Waals surface area contributed by atoms with Crippen molar-refractivity contribution in [3.63, 3.8) is 0 Å². The molecule has 1 saturated heterocycles. The van der Waals surface area contributed by atoms with Crippen LogP contribution in [0.4, 0.5) is 11.4 Å². The van der Waals surface area contributed by atoms with E-state index in [1.54, 1.807) is 12.0 Å². The molecule has 2 aliphatic heterocycles. The molecule has 0 radical (unpaired) electrons. The van der Waals surface area contributed by atoms with E-state index in [0.717, 1.165) is 31.9 Å². The summed E-state index contributed by atoms with van der Waals surface area (Å²) in [6.07, 6.45) is 0. The van der Waals surface area contributed by atoms with E-state index in [1.807, 2.05) is 18.2 Å². The fourth-order valence-electron chi connectivity index (χ4n) is 3.49. The number of nitrogens with zero attached hydrogens (tertiary/aromatic N) is 3. The molecule has 158 valence electrons. The van der Waals surface area contributed by atoms with Crippen LogP contribution in [-0.2, 0) is 23.8 Å². The van der Waals surface area contributed by atoms with E-state index in [2.05, 4.69) is 16.8 Å². The van der Waals surface area contributed by atoms with Crippen LogP contribution in [0.1, 0.15) is 0 Å². The molecule has 0 atom stereocenters. The summed E-state index contributed by atoms with van der Waals surface area (Å²) in [6.45, 7) is 3.83. The molecule has 9 heteroatoms. The van der Waals surface area contributed by atoms with Gasteiger partial charge < -0.3 is 33.6 Å². The Morgan fingerprint density at radius 2 is 1.69 bits per heavy atom. The van der Waals surface area contributed by atoms with Crippen LogP contribution in [-0.4, -0.2) is 84.7 Å². The van der Waals surface area contributed by atoms with E-state index in [-0.39, 0.29) is 24.6 Å². The minimum Gasteiger partial charge on any atom is -0.495 e. The van der Waals surface area contributed by atoms with E-state index in [1.165, 1.54) is 14.2 Å². The zero-order chi connectivity index (χ0) is 21.0. The van der Waals surface area contributed by atoms with Gasteiger partial charge in [-0.25, -0.2) is 9.59 Å². The van der Waals surface area contributed by atoms with Crippen LogP contribution in [0.2, 0.25) is 0 Å². The Hall–Kier alpha value is -2.78. The smallest absolute Gasteiger partial charge is 0.355 e. The van der Waals surface area contributed by atoms with Gasteiger partial charge in [-0.05, 0) is 19.2 Å². The third-order valence-electron chi connectivity index (χ3n) is 5.15. The monoisotopic (exact) mass is 405 g/mol. The van der Waals surface area contributed by atoms with Crippen molar-refractivity contribution in [1.82, 2.24) is 4.90 Å². The Morgan fingerprint density at radius 3 is 2.31 bits per heavy atom. The molecular formula is C20H27N3O6. The van der Waals surface area contributed by atoms with Crippen LogP contribution in [0.25, 0.3) is 0 Å². The number of methoxy groups -OCH3 is 3. The molecule has 1 aromatic carbocycles. The lowest BCUT2D eigenvalue weighted by atomic mass is 10.1. The van der Waals surface area contributed by atoms with Gasteiger partial charge >= 0.3 is 11.9 Å². The number of carbonyl (C=O) groups excluding carboxylic acids is 2. The fourth-order valence-corrected chi connectivity index (χ4v) is 3.49. The van der Waals surface area contributed by atoms with E-state index >= 15 is 0 Å². The maximum atomic E-state index is 12.5. The van der Waals surface area contributed by atoms with Gasteiger partial charge in [0.05, 0.1) is 39.2 Å². The Balaban J connectivity index is 1.98. The quantitative estimate of drug-likeness (QED) is 0.662. The van der Waals surface area contributed by atoms with Crippen LogP contribution < -0.4 is 14.5 Å². The molecule has 3 rings (SSSR count). The third-order valence-corrected chi connectivity index (χ3v) is 5.15. The summed E-state index contributed by atoms with van der Waals surface area (Å²) in [5.74, 6) is -0.576. The van der Waals surface area contributed by atoms with Crippen molar-refractivity contribution in [2.75, 3.05) is 77.7 Å². The Labute approximate surface area is 170 Å². The summed E-state index contributed by atoms with van der Waals surface area (Å²) in [7, 11) is 6.25. The molecule has 29 heavy (non-hydrogen) atoms. The van der Waals surface area contributed by atoms with Crippen LogP contribution in [0.15, 0.2) is 29.5 Å². The van der Waals surface area contributed by atoms with Crippen molar-refractivity contribution in [3.05, 3.63) is 29.5 Å². The highest BCUT2D eigenvalue weighted by atomic mass is 16.5. The molecule has 0 saturated carbocycles. The average Bonchev–Trinajstić information content (AvgIpc) is 2.77. The summed E-state index contributed by atoms with van der Waals surface area (Å²) in [5, 5.41) is 0. The number of ether oxygens (including phenoxy) is 4. The van der Waals surface area contributed by atoms with E-state index in [0.29, 0.717) is 11.4 Å². The number of rotatable bonds is 5. The minimum atomic E-state index is -0.629. The van der Waals surface area contributed by atoms with Gasteiger partial charge in [-0.15, -0.1) is 0 Å². The van der Waals surface area contributed by atoms with Crippen molar-refractivity contribution in [1.29, 1.82) is 0 Å². The van der Waals surface area contributed by atoms with Gasteiger partial charge in [0.15, 0.2) is 0 Å². The van der Waals surface area contributed by atoms with E-state index in [9.17, 15) is 9.59 Å². The van der Waals surface area contributed by atoms with Gasteiger partial charge in [0.2, 0.25) is 0 Å². The molecule has 2 heterocycles. The number of piperazine rings is 1. The number of hydrogen-bond acceptors (Lipinski definition) is 9. The van der Waals surface area contributed by atoms with Crippen molar-refractivity contribution < 1.29 is 28.5 Å². The fraction of sp³-hybridized carbons (Fsp3) is 0.500. The molecule has 9 nitrogen and oxygen atoms in total. The highest BCUT2D eigenvalue weighted by Gasteiger charge is 2.33. The first-order valence-electron chi connectivity index (χ1n) is 9.36. The summed E-state index contributed by atoms with van der Waals surface area (Å²) in [5.41, 5.74) is 1.87. The van der Waals surface area contributed by atoms with Gasteiger partial charge in [-0.2, -0.15) is 0 Å². The third kappa shape index (κ3) is 4.30. The normalized spacial score (nSPS) is 17.9. The minimum absolute atomic E-state index is 0.0237. The first kappa shape index (κ1) is 20.9. The van der Waals surface area contributed by atoms with Gasteiger partial charge in [0, 0.05) is 37.9 Å². The lowest BCUT2D eigenvalue weighted by Gasteiger charge is -2.35. The topological polar surface area (TPSA) is 80.8 Å². The molecule has 1 fully saturated rings. The maximum Gasteiger partial charge on any atom is 0.355 e. The first-order chi connectivity index (χ1) is 14.0. The first-order valence-corrected chi connectivity index (χ1v) is 9.36. The molecule has 0 bridgehead atoms. The number of benzene rings is 1. The van der Waals surface area contributed by atoms with Crippen LogP contribution in [0.5, 0.6) is 5.75 Å². The SMILES string of the molecule is COC(=O)C1=C(C(=O)OC)N(c2ccc(N3CCN(C)CC3)c(OC)c2)COC1. The van der Waals surface area contributed by atoms with Crippen molar-refractivity contribution >= 4 is 23.3 Å². The molecule has 0 amide bonds. The van der Waals surface area contributed by atoms with Gasteiger partial charge in [0.25, 0.3) is 0 Å². The molecule has 2 aliphatic rings. The highest BCUT2D eigenvalue weighted by molar-refractivity contribution is 6.03. The Morgan fingerprint density at radius 1 is 1.00 bits per heavy atom. The average molecular weight is 405 g/mol. The van der Waals surface area contributed by atoms with Crippen molar-refractivity contribution in [2.24, 2.45) is 0 Å². The zero-order valence-corrected chi connectivity index (χ0v) is 17.3. The van der Waals surface area contributed by atoms with Crippen molar-refractivity contribution in [3.8, 4) is 5.75 Å². The number of hydrogen-bond donors (Lipinski definition) is 0. The standard InChI is InChI=1S/C20H27N3O6/c1-21-7-9-22(10-8-21)16-6-5-14(11-17(16)26-2)23-13-29-12-15(19(24)27-3)18(23)20(25)28-4/h5-6,11H,7-10,12-13H2,1-4H3. The number of carbonyl (C=O) groups is 2. The molecule has 0 unspecified atom stereocenters. The second kappa shape index (κ2) is 9.15. The Bertz CT molecular complexity index is 801. The molecule has 0 spiro atoms. The second-order valence-corrected chi connectivity index (χ2v) is 6.86. The van der Waals surface area contributed by atoms with Crippen LogP contribution in [0, 0.1) is 0 Å². The summed E-state index contributed by atoms with van der Waals surface area (Å²) >= 11 is 0.